The Balaban J connectivity index is 0.00000336. The van der Waals surface area contributed by atoms with E-state index in [1.54, 1.807) is 6.20 Å². The predicted octanol–water partition coefficient (Wildman–Crippen LogP) is 8.54. The number of imidazole rings is 1. The summed E-state index contributed by atoms with van der Waals surface area (Å²) < 4.78 is 15.5. The van der Waals surface area contributed by atoms with E-state index >= 15 is 0 Å². The molecule has 0 atom stereocenters. The topological polar surface area (TPSA) is 51.9 Å². The van der Waals surface area contributed by atoms with E-state index in [1.165, 1.54) is 22.2 Å². The molecule has 0 spiro atoms. The van der Waals surface area contributed by atoms with Gasteiger partial charge in [0.05, 0.1) is 5.65 Å². The molecule has 6 nitrogen and oxygen atoms in total. The molecular weight excluding hydrogens is 774 g/mol. The van der Waals surface area contributed by atoms with E-state index in [-0.39, 0.29) is 38.9 Å². The Bertz CT molecular complexity index is 2400. The third-order valence-corrected chi connectivity index (χ3v) is 10.8. The van der Waals surface area contributed by atoms with Gasteiger partial charge in [-0.1, -0.05) is 98.1 Å². The molecule has 0 radical (unpaired) electrons. The zero-order chi connectivity index (χ0) is 32.2. The van der Waals surface area contributed by atoms with E-state index in [9.17, 15) is 0 Å². The summed E-state index contributed by atoms with van der Waals surface area (Å²) in [5.41, 5.74) is 8.70. The van der Waals surface area contributed by atoms with Crippen molar-refractivity contribution < 1.29 is 30.5 Å². The number of hydrogen-bond acceptors (Lipinski definition) is 5. The van der Waals surface area contributed by atoms with Gasteiger partial charge in [-0.05, 0) is 48.1 Å². The van der Waals surface area contributed by atoms with Gasteiger partial charge in [0.2, 0.25) is 0 Å². The molecule has 8 heteroatoms. The number of benzene rings is 4. The third kappa shape index (κ3) is 4.16. The number of ether oxygens (including phenoxy) is 1. The summed E-state index contributed by atoms with van der Waals surface area (Å²) in [6.07, 6.45) is 3.84. The van der Waals surface area contributed by atoms with Gasteiger partial charge in [0.1, 0.15) is 5.82 Å². The molecule has 0 saturated heterocycles. The zero-order valence-corrected chi connectivity index (χ0v) is 29.9. The van der Waals surface area contributed by atoms with Crippen LogP contribution in [0.2, 0.25) is 0 Å². The summed E-state index contributed by atoms with van der Waals surface area (Å²) in [6, 6.07) is 34.0. The molecule has 0 aliphatic carbocycles. The summed E-state index contributed by atoms with van der Waals surface area (Å²) in [4.78, 5) is 11.8. The molecule has 48 heavy (non-hydrogen) atoms. The Labute approximate surface area is 295 Å². The molecule has 0 fully saturated rings. The van der Waals surface area contributed by atoms with Crippen molar-refractivity contribution in [2.24, 2.45) is 0 Å². The Morgan fingerprint density at radius 2 is 1.52 bits per heavy atom. The first-order valence-electron chi connectivity index (χ1n) is 16.1. The summed E-state index contributed by atoms with van der Waals surface area (Å²) in [5, 5.41) is 3.24. The monoisotopic (exact) mass is 807 g/mol. The van der Waals surface area contributed by atoms with Crippen LogP contribution < -0.4 is 19.7 Å². The van der Waals surface area contributed by atoms with Crippen molar-refractivity contribution in [2.75, 3.05) is 4.81 Å². The van der Waals surface area contributed by atoms with Gasteiger partial charge < -0.3 is 18.6 Å². The molecule has 0 bridgehead atoms. The summed E-state index contributed by atoms with van der Waals surface area (Å²) >= 11 is 0. The van der Waals surface area contributed by atoms with E-state index in [4.69, 9.17) is 19.4 Å². The van der Waals surface area contributed by atoms with Gasteiger partial charge in [0.25, 0.3) is 0 Å². The largest absolute Gasteiger partial charge is 2.00 e. The molecule has 2 aliphatic heterocycles. The van der Waals surface area contributed by atoms with Crippen LogP contribution in [-0.2, 0) is 31.9 Å². The summed E-state index contributed by atoms with van der Waals surface area (Å²) in [5.74, 6) is 2.67. The molecule has 7 aromatic rings. The van der Waals surface area contributed by atoms with Crippen molar-refractivity contribution >= 4 is 51.3 Å². The number of pyridine rings is 2. The number of anilines is 2. The van der Waals surface area contributed by atoms with Crippen LogP contribution in [0.25, 0.3) is 27.3 Å². The van der Waals surface area contributed by atoms with Gasteiger partial charge in [-0.3, -0.25) is 4.98 Å². The predicted molar refractivity (Wildman–Crippen MR) is 189 cm³/mol. The Morgan fingerprint density at radius 1 is 0.771 bits per heavy atom. The first kappa shape index (κ1) is 30.7. The van der Waals surface area contributed by atoms with Crippen LogP contribution in [0.4, 0.5) is 11.5 Å². The minimum absolute atomic E-state index is 0. The van der Waals surface area contributed by atoms with E-state index in [0.717, 1.165) is 50.3 Å². The fourth-order valence-electron chi connectivity index (χ4n) is 7.62. The van der Waals surface area contributed by atoms with Crippen LogP contribution in [0.1, 0.15) is 50.1 Å². The summed E-state index contributed by atoms with van der Waals surface area (Å²) in [7, 11) is -0.381. The first-order chi connectivity index (χ1) is 22.6. The first-order valence-corrected chi connectivity index (χ1v) is 16.1. The van der Waals surface area contributed by atoms with Crippen molar-refractivity contribution in [3.05, 3.63) is 126 Å². The molecule has 5 heterocycles. The van der Waals surface area contributed by atoms with Gasteiger partial charge in [-0.2, -0.15) is 0 Å². The van der Waals surface area contributed by atoms with Crippen molar-refractivity contribution in [3.8, 4) is 17.2 Å². The quantitative estimate of drug-likeness (QED) is 0.102. The molecule has 3 aromatic heterocycles. The fourth-order valence-corrected chi connectivity index (χ4v) is 7.62. The Morgan fingerprint density at radius 3 is 2.29 bits per heavy atom. The van der Waals surface area contributed by atoms with Gasteiger partial charge in [0, 0.05) is 51.7 Å². The maximum absolute atomic E-state index is 6.60. The van der Waals surface area contributed by atoms with Gasteiger partial charge in [0.15, 0.2) is 0 Å². The molecule has 0 unspecified atom stereocenters. The van der Waals surface area contributed by atoms with Gasteiger partial charge in [-0.25, -0.2) is 4.98 Å². The minimum atomic E-state index is -0.381. The maximum Gasteiger partial charge on any atom is 2.00 e. The van der Waals surface area contributed by atoms with E-state index < -0.39 is 0 Å². The van der Waals surface area contributed by atoms with E-state index in [2.05, 4.69) is 105 Å². The van der Waals surface area contributed by atoms with E-state index in [0.29, 0.717) is 11.5 Å². The van der Waals surface area contributed by atoms with Crippen LogP contribution >= 0.6 is 0 Å². The second-order valence-corrected chi connectivity index (χ2v) is 13.8. The van der Waals surface area contributed by atoms with Crippen molar-refractivity contribution in [1.29, 1.82) is 0 Å². The molecule has 0 N–H and O–H groups in total. The van der Waals surface area contributed by atoms with Crippen LogP contribution in [0.3, 0.4) is 0 Å². The number of nitrogens with zero attached hydrogens (tertiary/aromatic N) is 4. The molecule has 0 saturated carbocycles. The second-order valence-electron chi connectivity index (χ2n) is 13.8. The standard InChI is InChI=1S/C40H33BN4O2.Pt/c1-24-11-9-12-25(2)36(24)41-45(35-15-7-8-20-42-35)32-22-27(17-19-33(32)47-41)46-26-16-18-28-29-13-10-14-31-37(29)44-34(40(5,6)39(31,3)4)23-43-38(44)30(28)21-26;/h7-20,23H,1-6H3;/q-2;+2. The number of rotatable bonds is 4. The zero-order valence-electron chi connectivity index (χ0n) is 27.7. The van der Waals surface area contributed by atoms with Crippen LogP contribution in [0, 0.1) is 26.0 Å². The molecule has 9 rings (SSSR count). The number of aromatic nitrogens is 3. The van der Waals surface area contributed by atoms with Crippen LogP contribution in [-0.4, -0.2) is 21.4 Å². The smallest absolute Gasteiger partial charge is 0.599 e. The SMILES string of the molecule is Cc1cccc(C)c1B1Oc2ccc(Oc3[c-]c4c(cc3)c3cccc5c3n3c(cnc43)C(C)(C)C5(C)C)[c-]c2N1c1ccccn1.[Pt+2]. The number of fused-ring (bicyclic) bond motifs is 4. The molecule has 238 valence electrons. The van der Waals surface area contributed by atoms with E-state index in [1.807, 2.05) is 42.6 Å². The summed E-state index contributed by atoms with van der Waals surface area (Å²) in [6.45, 7) is 13.6. The average Bonchev–Trinajstić information content (AvgIpc) is 3.67. The molecular formula is C40H33BN4O2Pt. The number of aryl methyl sites for hydroxylation is 2. The number of hydrogen-bond donors (Lipinski definition) is 0. The average molecular weight is 808 g/mol. The van der Waals surface area contributed by atoms with Crippen LogP contribution in [0.15, 0.2) is 91.3 Å². The maximum atomic E-state index is 6.60. The number of para-hydroxylation sites is 1. The van der Waals surface area contributed by atoms with Crippen molar-refractivity contribution in [2.45, 2.75) is 52.4 Å². The molecule has 0 amide bonds. The van der Waals surface area contributed by atoms with Gasteiger partial charge >= 0.3 is 28.1 Å². The second kappa shape index (κ2) is 10.7. The third-order valence-electron chi connectivity index (χ3n) is 10.8. The molecule has 4 aromatic carbocycles. The normalized spacial score (nSPS) is 15.5. The minimum Gasteiger partial charge on any atom is -0.599 e. The fraction of sp³-hybridized carbons (Fsp3) is 0.200. The Hall–Kier alpha value is -4.61. The van der Waals surface area contributed by atoms with Crippen LogP contribution in [0.5, 0.6) is 17.2 Å². The Kier molecular flexibility index (Phi) is 6.85. The molecule has 2 aliphatic rings. The van der Waals surface area contributed by atoms with Crippen molar-refractivity contribution in [1.82, 2.24) is 14.4 Å². The van der Waals surface area contributed by atoms with Crippen molar-refractivity contribution in [3.63, 3.8) is 0 Å². The van der Waals surface area contributed by atoms with Gasteiger partial charge in [-0.15, -0.1) is 30.3 Å².